The van der Waals surface area contributed by atoms with Gasteiger partial charge < -0.3 is 14.5 Å². The lowest BCUT2D eigenvalue weighted by molar-refractivity contribution is -0.132. The maximum Gasteiger partial charge on any atom is 0.254 e. The Hall–Kier alpha value is -3.68. The van der Waals surface area contributed by atoms with Gasteiger partial charge in [0, 0.05) is 37.8 Å². The molecule has 8 heteroatoms. The van der Waals surface area contributed by atoms with Crippen molar-refractivity contribution in [2.45, 2.75) is 6.54 Å². The molecule has 1 amide bonds. The predicted molar refractivity (Wildman–Crippen MR) is 116 cm³/mol. The molecule has 0 aliphatic carbocycles. The molecule has 0 spiro atoms. The highest BCUT2D eigenvalue weighted by atomic mass is 19.1. The van der Waals surface area contributed by atoms with Crippen molar-refractivity contribution in [3.8, 4) is 17.0 Å². The zero-order valence-electron chi connectivity index (χ0n) is 17.2. The number of rotatable bonds is 5. The average molecular weight is 422 g/mol. The van der Waals surface area contributed by atoms with Crippen LogP contribution in [0.1, 0.15) is 0 Å². The van der Waals surface area contributed by atoms with Gasteiger partial charge in [-0.15, -0.1) is 0 Å². The van der Waals surface area contributed by atoms with Crippen LogP contribution in [0.4, 0.5) is 10.1 Å². The number of hydrogen-bond acceptors (Lipinski definition) is 5. The molecule has 31 heavy (non-hydrogen) atoms. The molecular weight excluding hydrogens is 399 g/mol. The summed E-state index contributed by atoms with van der Waals surface area (Å²) in [5, 5.41) is 0. The second-order valence-electron chi connectivity index (χ2n) is 7.29. The smallest absolute Gasteiger partial charge is 0.254 e. The lowest BCUT2D eigenvalue weighted by Gasteiger charge is -2.36. The van der Waals surface area contributed by atoms with Gasteiger partial charge in [0.2, 0.25) is 5.91 Å². The number of carbonyl (C=O) groups excluding carboxylic acids is 1. The molecule has 1 fully saturated rings. The molecule has 0 atom stereocenters. The molecule has 4 rings (SSSR count). The number of benzene rings is 2. The van der Waals surface area contributed by atoms with Gasteiger partial charge in [-0.2, -0.15) is 0 Å². The van der Waals surface area contributed by atoms with Crippen LogP contribution >= 0.6 is 0 Å². The Morgan fingerprint density at radius 2 is 1.77 bits per heavy atom. The van der Waals surface area contributed by atoms with Crippen molar-refractivity contribution < 1.29 is 13.9 Å². The van der Waals surface area contributed by atoms with Gasteiger partial charge in [0.05, 0.1) is 24.8 Å². The van der Waals surface area contributed by atoms with Gasteiger partial charge in [-0.1, -0.05) is 12.1 Å². The topological polar surface area (TPSA) is 67.7 Å². The summed E-state index contributed by atoms with van der Waals surface area (Å²) in [7, 11) is 1.59. The first kappa shape index (κ1) is 20.6. The zero-order chi connectivity index (χ0) is 21.8. The highest BCUT2D eigenvalue weighted by Crippen LogP contribution is 2.21. The molecule has 1 saturated heterocycles. The van der Waals surface area contributed by atoms with Gasteiger partial charge in [0.25, 0.3) is 5.56 Å². The van der Waals surface area contributed by atoms with E-state index in [2.05, 4.69) is 4.98 Å². The maximum atomic E-state index is 14.0. The van der Waals surface area contributed by atoms with Crippen LogP contribution in [0, 0.1) is 5.82 Å². The minimum Gasteiger partial charge on any atom is -0.497 e. The molecule has 0 radical (unpaired) electrons. The number of ether oxygens (including phenoxy) is 1. The summed E-state index contributed by atoms with van der Waals surface area (Å²) in [6.07, 6.45) is 1.40. The number of methoxy groups -OCH3 is 1. The lowest BCUT2D eigenvalue weighted by Crippen LogP contribution is -2.50. The number of hydrogen-bond donors (Lipinski definition) is 0. The molecule has 160 valence electrons. The van der Waals surface area contributed by atoms with Crippen molar-refractivity contribution >= 4 is 11.6 Å². The maximum absolute atomic E-state index is 14.0. The van der Waals surface area contributed by atoms with E-state index in [0.29, 0.717) is 37.6 Å². The van der Waals surface area contributed by atoms with Crippen LogP contribution in [0.3, 0.4) is 0 Å². The summed E-state index contributed by atoms with van der Waals surface area (Å²) in [6, 6.07) is 15.3. The molecule has 2 aromatic carbocycles. The Morgan fingerprint density at radius 3 is 2.42 bits per heavy atom. The van der Waals surface area contributed by atoms with Crippen LogP contribution in [0.25, 0.3) is 11.3 Å². The third-order valence-corrected chi connectivity index (χ3v) is 5.40. The van der Waals surface area contributed by atoms with Crippen LogP contribution in [0.5, 0.6) is 5.75 Å². The van der Waals surface area contributed by atoms with Gasteiger partial charge >= 0.3 is 0 Å². The number of halogens is 1. The van der Waals surface area contributed by atoms with Crippen LogP contribution in [0.15, 0.2) is 65.7 Å². The molecule has 1 aromatic heterocycles. The number of anilines is 1. The summed E-state index contributed by atoms with van der Waals surface area (Å²) in [5.74, 6) is 0.295. The number of amides is 1. The standard InChI is InChI=1S/C23H23FN4O3/c1-31-18-8-6-17(7-9-18)20-14-22(29)28(16-25-20)15-23(30)27-12-10-26(11-13-27)21-5-3-2-4-19(21)24/h2-9,14,16H,10-13,15H2,1H3. The number of aromatic nitrogens is 2. The summed E-state index contributed by atoms with van der Waals surface area (Å²) in [4.78, 5) is 33.1. The van der Waals surface area contributed by atoms with Crippen LogP contribution in [-0.2, 0) is 11.3 Å². The Balaban J connectivity index is 1.38. The predicted octanol–water partition coefficient (Wildman–Crippen LogP) is 2.41. The van der Waals surface area contributed by atoms with E-state index in [-0.39, 0.29) is 23.8 Å². The van der Waals surface area contributed by atoms with E-state index < -0.39 is 0 Å². The number of nitrogens with zero attached hydrogens (tertiary/aromatic N) is 4. The Kier molecular flexibility index (Phi) is 5.97. The summed E-state index contributed by atoms with van der Waals surface area (Å²) in [5.41, 5.74) is 1.58. The molecule has 0 saturated carbocycles. The van der Waals surface area contributed by atoms with E-state index >= 15 is 0 Å². The first-order valence-corrected chi connectivity index (χ1v) is 10.0. The quantitative estimate of drug-likeness (QED) is 0.632. The largest absolute Gasteiger partial charge is 0.497 e. The van der Waals surface area contributed by atoms with Gasteiger partial charge in [-0.05, 0) is 36.4 Å². The summed E-state index contributed by atoms with van der Waals surface area (Å²) >= 11 is 0. The lowest BCUT2D eigenvalue weighted by atomic mass is 10.1. The Labute approximate surface area is 179 Å². The fraction of sp³-hybridized carbons (Fsp3) is 0.261. The third-order valence-electron chi connectivity index (χ3n) is 5.40. The molecule has 1 aliphatic rings. The van der Waals surface area contributed by atoms with E-state index in [0.717, 1.165) is 11.3 Å². The zero-order valence-corrected chi connectivity index (χ0v) is 17.2. The normalized spacial score (nSPS) is 13.9. The fourth-order valence-electron chi connectivity index (χ4n) is 3.61. The summed E-state index contributed by atoms with van der Waals surface area (Å²) in [6.45, 7) is 1.94. The molecule has 0 unspecified atom stereocenters. The molecule has 0 bridgehead atoms. The van der Waals surface area contributed by atoms with Crippen molar-refractivity contribution in [3.05, 3.63) is 77.1 Å². The average Bonchev–Trinajstić information content (AvgIpc) is 2.81. The highest BCUT2D eigenvalue weighted by Gasteiger charge is 2.23. The number of piperazine rings is 1. The number of carbonyl (C=O) groups is 1. The van der Waals surface area contributed by atoms with E-state index in [1.165, 1.54) is 23.0 Å². The van der Waals surface area contributed by atoms with Crippen molar-refractivity contribution in [1.29, 1.82) is 0 Å². The van der Waals surface area contributed by atoms with Gasteiger partial charge in [-0.25, -0.2) is 9.37 Å². The van der Waals surface area contributed by atoms with E-state index in [4.69, 9.17) is 4.74 Å². The number of para-hydroxylation sites is 1. The van der Waals surface area contributed by atoms with Crippen molar-refractivity contribution in [1.82, 2.24) is 14.5 Å². The molecule has 7 nitrogen and oxygen atoms in total. The first-order chi connectivity index (χ1) is 15.0. The minimum absolute atomic E-state index is 0.0750. The van der Waals surface area contributed by atoms with E-state index in [9.17, 15) is 14.0 Å². The Morgan fingerprint density at radius 1 is 1.06 bits per heavy atom. The molecule has 2 heterocycles. The molecule has 1 aliphatic heterocycles. The van der Waals surface area contributed by atoms with Crippen molar-refractivity contribution in [2.75, 3.05) is 38.2 Å². The van der Waals surface area contributed by atoms with Crippen LogP contribution in [-0.4, -0.2) is 53.6 Å². The molecular formula is C23H23FN4O3. The highest BCUT2D eigenvalue weighted by molar-refractivity contribution is 5.76. The minimum atomic E-state index is -0.292. The Bertz CT molecular complexity index is 1120. The van der Waals surface area contributed by atoms with Crippen molar-refractivity contribution in [3.63, 3.8) is 0 Å². The van der Waals surface area contributed by atoms with Crippen LogP contribution in [0.2, 0.25) is 0 Å². The fourth-order valence-corrected chi connectivity index (χ4v) is 3.61. The van der Waals surface area contributed by atoms with Gasteiger partial charge in [0.15, 0.2) is 0 Å². The summed E-state index contributed by atoms with van der Waals surface area (Å²) < 4.78 is 20.4. The monoisotopic (exact) mass is 422 g/mol. The SMILES string of the molecule is COc1ccc(-c2cc(=O)n(CC(=O)N3CCN(c4ccccc4F)CC3)cn2)cc1. The van der Waals surface area contributed by atoms with Gasteiger partial charge in [-0.3, -0.25) is 14.2 Å². The molecule has 0 N–H and O–H groups in total. The van der Waals surface area contributed by atoms with Crippen LogP contribution < -0.4 is 15.2 Å². The second-order valence-corrected chi connectivity index (χ2v) is 7.29. The first-order valence-electron chi connectivity index (χ1n) is 10.0. The van der Waals surface area contributed by atoms with Gasteiger partial charge in [0.1, 0.15) is 18.1 Å². The van der Waals surface area contributed by atoms with Crippen molar-refractivity contribution in [2.24, 2.45) is 0 Å². The second kappa shape index (κ2) is 8.99. The van der Waals surface area contributed by atoms with E-state index in [1.807, 2.05) is 17.0 Å². The molecule has 3 aromatic rings. The van der Waals surface area contributed by atoms with E-state index in [1.54, 1.807) is 42.3 Å². The third kappa shape index (κ3) is 4.58.